The van der Waals surface area contributed by atoms with E-state index in [0.29, 0.717) is 11.2 Å². The van der Waals surface area contributed by atoms with Crippen molar-refractivity contribution in [3.8, 4) is 11.1 Å². The maximum Gasteiger partial charge on any atom is 0.254 e. The molecule has 0 saturated heterocycles. The lowest BCUT2D eigenvalue weighted by Crippen LogP contribution is -2.40. The highest BCUT2D eigenvalue weighted by atomic mass is 16.2. The lowest BCUT2D eigenvalue weighted by molar-refractivity contribution is -0.118. The van der Waals surface area contributed by atoms with Crippen molar-refractivity contribution < 1.29 is 9.59 Å². The van der Waals surface area contributed by atoms with Crippen LogP contribution in [0.4, 0.5) is 5.95 Å². The number of carbonyl (C=O) groups is 2. The van der Waals surface area contributed by atoms with E-state index in [4.69, 9.17) is 0 Å². The summed E-state index contributed by atoms with van der Waals surface area (Å²) < 4.78 is 3.60. The van der Waals surface area contributed by atoms with Crippen LogP contribution in [0.2, 0.25) is 0 Å². The Kier molecular flexibility index (Phi) is 6.03. The highest BCUT2D eigenvalue weighted by Gasteiger charge is 2.25. The molecule has 8 nitrogen and oxygen atoms in total. The monoisotopic (exact) mass is 494 g/mol. The second-order valence-electron chi connectivity index (χ2n) is 10.1. The third-order valence-corrected chi connectivity index (χ3v) is 6.59. The van der Waals surface area contributed by atoms with Crippen molar-refractivity contribution in [1.82, 2.24) is 24.5 Å². The number of aryl methyl sites for hydroxylation is 1. The number of nitrogens with one attached hydrogen (secondary N) is 2. The van der Waals surface area contributed by atoms with Crippen LogP contribution in [0, 0.1) is 5.92 Å². The summed E-state index contributed by atoms with van der Waals surface area (Å²) in [6.07, 6.45) is 3.68. The maximum absolute atomic E-state index is 13.4. The Morgan fingerprint density at radius 3 is 2.43 bits per heavy atom. The van der Waals surface area contributed by atoms with Gasteiger partial charge in [0.15, 0.2) is 5.65 Å². The van der Waals surface area contributed by atoms with Crippen molar-refractivity contribution in [3.63, 3.8) is 0 Å². The minimum Gasteiger partial charge on any atom is -0.350 e. The molecule has 8 heteroatoms. The number of anilines is 1. The zero-order valence-corrected chi connectivity index (χ0v) is 21.6. The molecule has 0 fully saturated rings. The second-order valence-corrected chi connectivity index (χ2v) is 10.1. The lowest BCUT2D eigenvalue weighted by atomic mass is 9.94. The van der Waals surface area contributed by atoms with Gasteiger partial charge in [-0.25, -0.2) is 4.52 Å². The SMILES string of the molecule is CC(C)C(=O)Nc1nc2cc(-c3ccc4c(c3)c(C(=O)NC(C)(C)c3ccccc3)cn4C)ccn2n1. The number of pyridine rings is 1. The molecule has 2 aromatic carbocycles. The minimum atomic E-state index is -0.528. The maximum atomic E-state index is 13.4. The molecule has 5 rings (SSSR count). The highest BCUT2D eigenvalue weighted by Crippen LogP contribution is 2.29. The topological polar surface area (TPSA) is 93.3 Å². The third-order valence-electron chi connectivity index (χ3n) is 6.59. The Morgan fingerprint density at radius 1 is 0.973 bits per heavy atom. The van der Waals surface area contributed by atoms with Gasteiger partial charge in [0.1, 0.15) is 0 Å². The first-order valence-electron chi connectivity index (χ1n) is 12.3. The van der Waals surface area contributed by atoms with Gasteiger partial charge in [0.2, 0.25) is 11.9 Å². The van der Waals surface area contributed by atoms with Crippen LogP contribution in [0.1, 0.15) is 43.6 Å². The second kappa shape index (κ2) is 9.20. The Morgan fingerprint density at radius 2 is 1.70 bits per heavy atom. The fourth-order valence-electron chi connectivity index (χ4n) is 4.40. The molecule has 0 atom stereocenters. The summed E-state index contributed by atoms with van der Waals surface area (Å²) >= 11 is 0. The molecule has 188 valence electrons. The predicted molar refractivity (Wildman–Crippen MR) is 145 cm³/mol. The average Bonchev–Trinajstić information content (AvgIpc) is 3.43. The number of carbonyl (C=O) groups excluding carboxylic acids is 2. The normalized spacial score (nSPS) is 11.8. The number of rotatable bonds is 6. The van der Waals surface area contributed by atoms with E-state index >= 15 is 0 Å². The van der Waals surface area contributed by atoms with Crippen LogP contribution in [0.15, 0.2) is 73.1 Å². The van der Waals surface area contributed by atoms with Crippen LogP contribution in [0.5, 0.6) is 0 Å². The van der Waals surface area contributed by atoms with Crippen LogP contribution in [-0.4, -0.2) is 31.0 Å². The largest absolute Gasteiger partial charge is 0.350 e. The van der Waals surface area contributed by atoms with Crippen LogP contribution >= 0.6 is 0 Å². The molecular weight excluding hydrogens is 464 g/mol. The first-order chi connectivity index (χ1) is 17.6. The van der Waals surface area contributed by atoms with E-state index < -0.39 is 5.54 Å². The van der Waals surface area contributed by atoms with Gasteiger partial charge in [-0.3, -0.25) is 14.9 Å². The van der Waals surface area contributed by atoms with Crippen LogP contribution in [0.3, 0.4) is 0 Å². The molecule has 5 aromatic rings. The first kappa shape index (κ1) is 24.2. The lowest BCUT2D eigenvalue weighted by Gasteiger charge is -2.26. The van der Waals surface area contributed by atoms with Crippen molar-refractivity contribution in [2.45, 2.75) is 33.2 Å². The van der Waals surface area contributed by atoms with Crippen molar-refractivity contribution in [2.24, 2.45) is 13.0 Å². The summed E-state index contributed by atoms with van der Waals surface area (Å²) in [4.78, 5) is 29.9. The van der Waals surface area contributed by atoms with Gasteiger partial charge in [-0.05, 0) is 54.8 Å². The molecule has 0 radical (unpaired) electrons. The van der Waals surface area contributed by atoms with Crippen molar-refractivity contribution >= 4 is 34.3 Å². The Labute approximate surface area is 215 Å². The smallest absolute Gasteiger partial charge is 0.254 e. The van der Waals surface area contributed by atoms with Gasteiger partial charge in [0.25, 0.3) is 5.91 Å². The van der Waals surface area contributed by atoms with Crippen LogP contribution < -0.4 is 10.6 Å². The fourth-order valence-corrected chi connectivity index (χ4v) is 4.40. The third kappa shape index (κ3) is 4.70. The number of fused-ring (bicyclic) bond motifs is 2. The summed E-state index contributed by atoms with van der Waals surface area (Å²) in [5, 5.41) is 11.1. The van der Waals surface area contributed by atoms with E-state index in [1.807, 2.05) is 112 Å². The standard InChI is InChI=1S/C29H30N6O2/c1-18(2)26(36)31-28-30-25-16-20(13-14-35(25)33-28)19-11-12-24-22(15-19)23(17-34(24)5)27(37)32-29(3,4)21-9-7-6-8-10-21/h6-18H,1-5H3,(H,32,37)(H,31,33,36). The van der Waals surface area contributed by atoms with Crippen LogP contribution in [-0.2, 0) is 17.4 Å². The number of hydrogen-bond donors (Lipinski definition) is 2. The van der Waals surface area contributed by atoms with E-state index in [0.717, 1.165) is 27.6 Å². The van der Waals surface area contributed by atoms with Gasteiger partial charge < -0.3 is 9.88 Å². The van der Waals surface area contributed by atoms with Gasteiger partial charge in [-0.15, -0.1) is 5.10 Å². The minimum absolute atomic E-state index is 0.130. The van der Waals surface area contributed by atoms with E-state index in [1.165, 1.54) is 0 Å². The molecule has 0 spiro atoms. The molecule has 0 unspecified atom stereocenters. The predicted octanol–water partition coefficient (Wildman–Crippen LogP) is 5.15. The molecule has 3 aromatic heterocycles. The molecule has 0 aliphatic rings. The van der Waals surface area contributed by atoms with Crippen molar-refractivity contribution in [1.29, 1.82) is 0 Å². The van der Waals surface area contributed by atoms with Crippen LogP contribution in [0.25, 0.3) is 27.7 Å². The average molecular weight is 495 g/mol. The van der Waals surface area contributed by atoms with E-state index in [-0.39, 0.29) is 23.7 Å². The molecule has 2 amide bonds. The quantitative estimate of drug-likeness (QED) is 0.342. The summed E-state index contributed by atoms with van der Waals surface area (Å²) in [6.45, 7) is 7.64. The molecule has 3 heterocycles. The number of amides is 2. The molecule has 0 aliphatic carbocycles. The molecule has 0 bridgehead atoms. The molecular formula is C29H30N6O2. The number of benzene rings is 2. The highest BCUT2D eigenvalue weighted by molar-refractivity contribution is 6.08. The molecule has 37 heavy (non-hydrogen) atoms. The summed E-state index contributed by atoms with van der Waals surface area (Å²) in [5.74, 6) is -0.152. The molecule has 2 N–H and O–H groups in total. The van der Waals surface area contributed by atoms with Gasteiger partial charge in [-0.1, -0.05) is 50.2 Å². The molecule has 0 saturated carbocycles. The number of nitrogens with zero attached hydrogens (tertiary/aromatic N) is 4. The Hall–Kier alpha value is -4.46. The number of hydrogen-bond acceptors (Lipinski definition) is 4. The zero-order valence-electron chi connectivity index (χ0n) is 21.6. The van der Waals surface area contributed by atoms with Gasteiger partial charge in [0.05, 0.1) is 11.1 Å². The van der Waals surface area contributed by atoms with Gasteiger partial charge in [0, 0.05) is 36.3 Å². The van der Waals surface area contributed by atoms with Gasteiger partial charge >= 0.3 is 0 Å². The van der Waals surface area contributed by atoms with Crippen molar-refractivity contribution in [2.75, 3.05) is 5.32 Å². The summed E-state index contributed by atoms with van der Waals surface area (Å²) in [7, 11) is 1.94. The Balaban J connectivity index is 1.48. The van der Waals surface area contributed by atoms with E-state index in [2.05, 4.69) is 20.7 Å². The van der Waals surface area contributed by atoms with E-state index in [1.54, 1.807) is 4.52 Å². The number of aromatic nitrogens is 4. The van der Waals surface area contributed by atoms with E-state index in [9.17, 15) is 9.59 Å². The Bertz CT molecular complexity index is 1630. The van der Waals surface area contributed by atoms with Gasteiger partial charge in [-0.2, -0.15) is 4.98 Å². The zero-order chi connectivity index (χ0) is 26.3. The summed E-state index contributed by atoms with van der Waals surface area (Å²) in [6, 6.07) is 19.9. The van der Waals surface area contributed by atoms with Crippen molar-refractivity contribution in [3.05, 3.63) is 84.2 Å². The summed E-state index contributed by atoms with van der Waals surface area (Å²) in [5.41, 5.74) is 4.59. The first-order valence-corrected chi connectivity index (χ1v) is 12.3. The fraction of sp³-hybridized carbons (Fsp3) is 0.241. The molecule has 0 aliphatic heterocycles.